The van der Waals surface area contributed by atoms with Crippen molar-refractivity contribution in [2.24, 2.45) is 5.73 Å². The molecule has 1 aromatic carbocycles. The minimum Gasteiger partial charge on any atom is -0.368 e. The van der Waals surface area contributed by atoms with Crippen LogP contribution in [-0.4, -0.2) is 29.9 Å². The summed E-state index contributed by atoms with van der Waals surface area (Å²) in [5, 5.41) is 0.435. The molecule has 0 aromatic heterocycles. The Labute approximate surface area is 111 Å². The van der Waals surface area contributed by atoms with Gasteiger partial charge in [0.25, 0.3) is 0 Å². The predicted molar refractivity (Wildman–Crippen MR) is 68.9 cm³/mol. The molecule has 0 saturated carbocycles. The van der Waals surface area contributed by atoms with Crippen molar-refractivity contribution in [1.29, 1.82) is 0 Å². The molecule has 0 aliphatic carbocycles. The zero-order valence-corrected chi connectivity index (χ0v) is 10.8. The number of nitrogens with zero attached hydrogens (tertiary/aromatic N) is 1. The zero-order valence-electron chi connectivity index (χ0n) is 10.0. The lowest BCUT2D eigenvalue weighted by molar-refractivity contribution is -0.122. The molecule has 1 saturated heterocycles. The largest absolute Gasteiger partial charge is 0.368 e. The zero-order chi connectivity index (χ0) is 13.1. The fourth-order valence-corrected chi connectivity index (χ4v) is 2.70. The quantitative estimate of drug-likeness (QED) is 0.909. The van der Waals surface area contributed by atoms with Crippen molar-refractivity contribution >= 4 is 17.5 Å². The van der Waals surface area contributed by atoms with Crippen LogP contribution in [0, 0.1) is 5.82 Å². The van der Waals surface area contributed by atoms with E-state index in [2.05, 4.69) is 0 Å². The average molecular weight is 271 g/mol. The number of primary amides is 1. The van der Waals surface area contributed by atoms with E-state index in [4.69, 9.17) is 17.3 Å². The number of benzene rings is 1. The molecular formula is C13H16ClFN2O. The summed E-state index contributed by atoms with van der Waals surface area (Å²) in [5.74, 6) is -0.593. The van der Waals surface area contributed by atoms with Gasteiger partial charge in [0.2, 0.25) is 5.91 Å². The van der Waals surface area contributed by atoms with Crippen molar-refractivity contribution in [3.05, 3.63) is 34.6 Å². The summed E-state index contributed by atoms with van der Waals surface area (Å²) < 4.78 is 13.6. The molecule has 1 fully saturated rings. The topological polar surface area (TPSA) is 46.3 Å². The number of halogens is 2. The fraction of sp³-hybridized carbons (Fsp3) is 0.462. The van der Waals surface area contributed by atoms with Crippen LogP contribution in [0.25, 0.3) is 0 Å². The Morgan fingerprint density at radius 3 is 3.00 bits per heavy atom. The molecular weight excluding hydrogens is 255 g/mol. The normalized spacial score (nSPS) is 20.2. The van der Waals surface area contributed by atoms with E-state index in [-0.39, 0.29) is 17.8 Å². The summed E-state index contributed by atoms with van der Waals surface area (Å²) in [6, 6.07) is 4.45. The maximum absolute atomic E-state index is 13.6. The Morgan fingerprint density at radius 1 is 1.56 bits per heavy atom. The minimum atomic E-state index is -0.299. The predicted octanol–water partition coefficient (Wildman–Crippen LogP) is 1.97. The molecule has 2 N–H and O–H groups in total. The van der Waals surface area contributed by atoms with Gasteiger partial charge in [-0.1, -0.05) is 17.7 Å². The highest BCUT2D eigenvalue weighted by Crippen LogP contribution is 2.22. The van der Waals surface area contributed by atoms with E-state index in [0.29, 0.717) is 23.6 Å². The number of nitrogens with two attached hydrogens (primary N) is 1. The highest BCUT2D eigenvalue weighted by atomic mass is 35.5. The minimum absolute atomic E-state index is 0.212. The van der Waals surface area contributed by atoms with Gasteiger partial charge in [0.15, 0.2) is 0 Å². The molecule has 3 nitrogen and oxygen atoms in total. The van der Waals surface area contributed by atoms with E-state index in [1.807, 2.05) is 4.90 Å². The highest BCUT2D eigenvalue weighted by Gasteiger charge is 2.28. The number of likely N-dealkylation sites (tertiary alicyclic amines) is 1. The Kier molecular flexibility index (Phi) is 4.19. The monoisotopic (exact) mass is 270 g/mol. The van der Waals surface area contributed by atoms with Crippen LogP contribution in [-0.2, 0) is 11.2 Å². The number of amides is 1. The molecule has 2 rings (SSSR count). The van der Waals surface area contributed by atoms with E-state index in [1.165, 1.54) is 6.07 Å². The maximum atomic E-state index is 13.6. The number of hydrogen-bond acceptors (Lipinski definition) is 2. The maximum Gasteiger partial charge on any atom is 0.234 e. The first-order valence-corrected chi connectivity index (χ1v) is 6.43. The summed E-state index contributed by atoms with van der Waals surface area (Å²) in [5.41, 5.74) is 5.84. The molecule has 1 atom stereocenters. The lowest BCUT2D eigenvalue weighted by atomic mass is 10.1. The number of carbonyl (C=O) groups excluding carboxylic acids is 1. The SMILES string of the molecule is NC(=O)[C@@H]1CCCN1CCc1c(F)cccc1Cl. The van der Waals surface area contributed by atoms with Gasteiger partial charge in [-0.3, -0.25) is 9.69 Å². The molecule has 1 aliphatic rings. The first-order chi connectivity index (χ1) is 8.59. The molecule has 0 radical (unpaired) electrons. The van der Waals surface area contributed by atoms with Gasteiger partial charge >= 0.3 is 0 Å². The number of carbonyl (C=O) groups is 1. The first-order valence-electron chi connectivity index (χ1n) is 6.06. The standard InChI is InChI=1S/C13H16ClFN2O/c14-10-3-1-4-11(15)9(10)6-8-17-7-2-5-12(17)13(16)18/h1,3-4,12H,2,5-8H2,(H2,16,18)/t12-/m0/s1. The Morgan fingerprint density at radius 2 is 2.33 bits per heavy atom. The summed E-state index contributed by atoms with van der Waals surface area (Å²) in [7, 11) is 0. The molecule has 18 heavy (non-hydrogen) atoms. The van der Waals surface area contributed by atoms with Crippen LogP contribution in [0.5, 0.6) is 0 Å². The summed E-state index contributed by atoms with van der Waals surface area (Å²) >= 11 is 5.96. The molecule has 1 aromatic rings. The average Bonchev–Trinajstić information content (AvgIpc) is 2.76. The van der Waals surface area contributed by atoms with E-state index in [1.54, 1.807) is 12.1 Å². The van der Waals surface area contributed by atoms with Gasteiger partial charge < -0.3 is 5.73 Å². The van der Waals surface area contributed by atoms with Gasteiger partial charge in [0, 0.05) is 17.1 Å². The van der Waals surface area contributed by atoms with Crippen molar-refractivity contribution in [2.45, 2.75) is 25.3 Å². The molecule has 5 heteroatoms. The third-order valence-corrected chi connectivity index (χ3v) is 3.76. The highest BCUT2D eigenvalue weighted by molar-refractivity contribution is 6.31. The third kappa shape index (κ3) is 2.82. The molecule has 0 unspecified atom stereocenters. The van der Waals surface area contributed by atoms with Gasteiger partial charge in [-0.2, -0.15) is 0 Å². The van der Waals surface area contributed by atoms with Gasteiger partial charge in [-0.05, 0) is 37.9 Å². The van der Waals surface area contributed by atoms with Gasteiger partial charge in [0.05, 0.1) is 6.04 Å². The lowest BCUT2D eigenvalue weighted by Crippen LogP contribution is -2.41. The first kappa shape index (κ1) is 13.3. The van der Waals surface area contributed by atoms with E-state index < -0.39 is 0 Å². The van der Waals surface area contributed by atoms with E-state index >= 15 is 0 Å². The Balaban J connectivity index is 2.01. The summed E-state index contributed by atoms with van der Waals surface area (Å²) in [6.07, 6.45) is 2.24. The van der Waals surface area contributed by atoms with Crippen molar-refractivity contribution in [3.8, 4) is 0 Å². The van der Waals surface area contributed by atoms with Crippen LogP contribution in [0.3, 0.4) is 0 Å². The van der Waals surface area contributed by atoms with Crippen LogP contribution < -0.4 is 5.73 Å². The van der Waals surface area contributed by atoms with Crippen molar-refractivity contribution in [1.82, 2.24) is 4.90 Å². The molecule has 1 heterocycles. The second-order valence-electron chi connectivity index (χ2n) is 4.55. The Hall–Kier alpha value is -1.13. The van der Waals surface area contributed by atoms with Crippen LogP contribution >= 0.6 is 11.6 Å². The molecule has 98 valence electrons. The Bertz CT molecular complexity index is 432. The van der Waals surface area contributed by atoms with Crippen LogP contribution in [0.1, 0.15) is 18.4 Å². The van der Waals surface area contributed by atoms with Crippen LogP contribution in [0.15, 0.2) is 18.2 Å². The third-order valence-electron chi connectivity index (χ3n) is 3.40. The fourth-order valence-electron chi connectivity index (χ4n) is 2.44. The van der Waals surface area contributed by atoms with Crippen molar-refractivity contribution < 1.29 is 9.18 Å². The van der Waals surface area contributed by atoms with Gasteiger partial charge in [-0.15, -0.1) is 0 Å². The summed E-state index contributed by atoms with van der Waals surface area (Å²) in [6.45, 7) is 1.44. The number of rotatable bonds is 4. The molecule has 1 aliphatic heterocycles. The summed E-state index contributed by atoms with van der Waals surface area (Å²) in [4.78, 5) is 13.2. The van der Waals surface area contributed by atoms with Crippen molar-refractivity contribution in [3.63, 3.8) is 0 Å². The second kappa shape index (κ2) is 5.67. The molecule has 1 amide bonds. The van der Waals surface area contributed by atoms with Crippen LogP contribution in [0.2, 0.25) is 5.02 Å². The second-order valence-corrected chi connectivity index (χ2v) is 4.95. The lowest BCUT2D eigenvalue weighted by Gasteiger charge is -2.21. The van der Waals surface area contributed by atoms with E-state index in [9.17, 15) is 9.18 Å². The smallest absolute Gasteiger partial charge is 0.234 e. The number of hydrogen-bond donors (Lipinski definition) is 1. The molecule has 0 bridgehead atoms. The van der Waals surface area contributed by atoms with Crippen molar-refractivity contribution in [2.75, 3.05) is 13.1 Å². The van der Waals surface area contributed by atoms with E-state index in [0.717, 1.165) is 19.4 Å². The van der Waals surface area contributed by atoms with Gasteiger partial charge in [-0.25, -0.2) is 4.39 Å². The van der Waals surface area contributed by atoms with Crippen LogP contribution in [0.4, 0.5) is 4.39 Å². The van der Waals surface area contributed by atoms with Gasteiger partial charge in [0.1, 0.15) is 5.82 Å². The molecule has 0 spiro atoms.